The van der Waals surface area contributed by atoms with Crippen LogP contribution in [0.4, 0.5) is 11.4 Å². The zero-order valence-corrected chi connectivity index (χ0v) is 15.9. The van der Waals surface area contributed by atoms with Gasteiger partial charge in [-0.05, 0) is 55.3 Å². The van der Waals surface area contributed by atoms with Crippen LogP contribution in [0.5, 0.6) is 5.75 Å². The molecule has 2 aromatic carbocycles. The van der Waals surface area contributed by atoms with Gasteiger partial charge in [0.25, 0.3) is 5.91 Å². The van der Waals surface area contributed by atoms with E-state index < -0.39 is 0 Å². The second-order valence-corrected chi connectivity index (χ2v) is 6.81. The maximum atomic E-state index is 12.7. The van der Waals surface area contributed by atoms with E-state index in [4.69, 9.17) is 4.74 Å². The Hall–Kier alpha value is -3.34. The maximum Gasteiger partial charge on any atom is 0.255 e. The molecule has 5 heteroatoms. The maximum absolute atomic E-state index is 12.7. The van der Waals surface area contributed by atoms with Crippen molar-refractivity contribution in [1.29, 1.82) is 0 Å². The summed E-state index contributed by atoms with van der Waals surface area (Å²) in [6, 6.07) is 17.2. The van der Waals surface area contributed by atoms with Crippen molar-refractivity contribution in [1.82, 2.24) is 4.98 Å². The number of hydrogen-bond acceptors (Lipinski definition) is 4. The summed E-state index contributed by atoms with van der Waals surface area (Å²) in [6.45, 7) is 4.58. The van der Waals surface area contributed by atoms with E-state index in [-0.39, 0.29) is 5.91 Å². The highest BCUT2D eigenvalue weighted by molar-refractivity contribution is 6.04. The zero-order valence-electron chi connectivity index (χ0n) is 15.9. The lowest BCUT2D eigenvalue weighted by atomic mass is 10.1. The van der Waals surface area contributed by atoms with Crippen molar-refractivity contribution in [2.75, 3.05) is 23.3 Å². The molecule has 1 aliphatic heterocycles. The first-order valence-electron chi connectivity index (χ1n) is 9.54. The smallest absolute Gasteiger partial charge is 0.255 e. The molecule has 28 heavy (non-hydrogen) atoms. The van der Waals surface area contributed by atoms with E-state index in [0.29, 0.717) is 17.9 Å². The van der Waals surface area contributed by atoms with E-state index in [1.807, 2.05) is 30.3 Å². The number of pyridine rings is 1. The number of nitrogens with zero attached hydrogens (tertiary/aromatic N) is 2. The Morgan fingerprint density at radius 1 is 1.18 bits per heavy atom. The number of carbonyl (C=O) groups is 1. The van der Waals surface area contributed by atoms with Crippen LogP contribution in [0.3, 0.4) is 0 Å². The Morgan fingerprint density at radius 3 is 2.93 bits per heavy atom. The van der Waals surface area contributed by atoms with Crippen LogP contribution < -0.4 is 15.0 Å². The molecule has 1 N–H and O–H groups in total. The first-order valence-corrected chi connectivity index (χ1v) is 9.54. The highest BCUT2D eigenvalue weighted by Gasteiger charge is 2.18. The van der Waals surface area contributed by atoms with Gasteiger partial charge in [0, 0.05) is 48.0 Å². The number of ether oxygens (including phenoxy) is 1. The summed E-state index contributed by atoms with van der Waals surface area (Å²) < 4.78 is 5.80. The molecule has 1 aliphatic rings. The third-order valence-electron chi connectivity index (χ3n) is 4.94. The molecule has 4 rings (SSSR count). The highest BCUT2D eigenvalue weighted by Crippen LogP contribution is 2.30. The molecule has 0 spiro atoms. The van der Waals surface area contributed by atoms with Crippen LogP contribution in [0.2, 0.25) is 0 Å². The van der Waals surface area contributed by atoms with E-state index in [1.165, 1.54) is 11.3 Å². The third kappa shape index (κ3) is 3.98. The van der Waals surface area contributed by atoms with Gasteiger partial charge in [-0.1, -0.05) is 18.2 Å². The van der Waals surface area contributed by atoms with Crippen LogP contribution in [0, 0.1) is 0 Å². The molecule has 0 fully saturated rings. The number of aromatic nitrogens is 1. The van der Waals surface area contributed by atoms with Crippen molar-refractivity contribution in [2.24, 2.45) is 0 Å². The molecular formula is C23H23N3O2. The molecule has 1 amide bonds. The highest BCUT2D eigenvalue weighted by atomic mass is 16.5. The average molecular weight is 373 g/mol. The van der Waals surface area contributed by atoms with Crippen molar-refractivity contribution >= 4 is 17.3 Å². The molecule has 3 aromatic rings. The molecule has 142 valence electrons. The van der Waals surface area contributed by atoms with Gasteiger partial charge in [0.15, 0.2) is 0 Å². The second kappa shape index (κ2) is 8.13. The second-order valence-electron chi connectivity index (χ2n) is 6.81. The number of likely N-dealkylation sites (N-methyl/N-ethyl adjacent to an activating group) is 1. The van der Waals surface area contributed by atoms with Gasteiger partial charge in [-0.25, -0.2) is 0 Å². The summed E-state index contributed by atoms with van der Waals surface area (Å²) >= 11 is 0. The summed E-state index contributed by atoms with van der Waals surface area (Å²) in [4.78, 5) is 19.1. The minimum Gasteiger partial charge on any atom is -0.489 e. The van der Waals surface area contributed by atoms with Crippen molar-refractivity contribution < 1.29 is 9.53 Å². The van der Waals surface area contributed by atoms with Gasteiger partial charge in [-0.3, -0.25) is 9.78 Å². The number of fused-ring (bicyclic) bond motifs is 1. The van der Waals surface area contributed by atoms with E-state index in [2.05, 4.69) is 34.3 Å². The normalized spacial score (nSPS) is 12.5. The zero-order chi connectivity index (χ0) is 19.3. The van der Waals surface area contributed by atoms with Crippen molar-refractivity contribution in [2.45, 2.75) is 20.0 Å². The molecule has 0 radical (unpaired) electrons. The standard InChI is InChI=1S/C23H23N3O2/c1-2-26-12-10-18-8-9-20(14-22(18)26)25-23(27)19-6-3-7-21(13-19)28-16-17-5-4-11-24-15-17/h3-9,11,13-15H,2,10,12,16H2,1H3,(H,25,27). The van der Waals surface area contributed by atoms with E-state index >= 15 is 0 Å². The number of benzene rings is 2. The molecule has 0 atom stereocenters. The van der Waals surface area contributed by atoms with Gasteiger partial charge in [-0.15, -0.1) is 0 Å². The quantitative estimate of drug-likeness (QED) is 0.700. The van der Waals surface area contributed by atoms with E-state index in [0.717, 1.165) is 30.8 Å². The van der Waals surface area contributed by atoms with Gasteiger partial charge in [0.2, 0.25) is 0 Å². The van der Waals surface area contributed by atoms with Crippen molar-refractivity contribution in [3.8, 4) is 5.75 Å². The van der Waals surface area contributed by atoms with Gasteiger partial charge < -0.3 is 15.0 Å². The molecule has 0 bridgehead atoms. The van der Waals surface area contributed by atoms with Gasteiger partial charge in [0.1, 0.15) is 12.4 Å². The van der Waals surface area contributed by atoms with Crippen LogP contribution in [-0.4, -0.2) is 24.0 Å². The summed E-state index contributed by atoms with van der Waals surface area (Å²) in [5.41, 5.74) is 4.91. The lowest BCUT2D eigenvalue weighted by Crippen LogP contribution is -2.19. The Balaban J connectivity index is 1.44. The first-order chi connectivity index (χ1) is 13.7. The lowest BCUT2D eigenvalue weighted by molar-refractivity contribution is 0.102. The minimum absolute atomic E-state index is 0.146. The Morgan fingerprint density at radius 2 is 2.11 bits per heavy atom. The fourth-order valence-corrected chi connectivity index (χ4v) is 3.43. The Kier molecular flexibility index (Phi) is 5.24. The van der Waals surface area contributed by atoms with Gasteiger partial charge >= 0.3 is 0 Å². The summed E-state index contributed by atoms with van der Waals surface area (Å²) in [5.74, 6) is 0.510. The molecule has 0 unspecified atom stereocenters. The third-order valence-corrected chi connectivity index (χ3v) is 4.94. The number of amides is 1. The van der Waals surface area contributed by atoms with Crippen LogP contribution in [0.15, 0.2) is 67.0 Å². The number of rotatable bonds is 6. The lowest BCUT2D eigenvalue weighted by Gasteiger charge is -2.17. The predicted octanol–water partition coefficient (Wildman–Crippen LogP) is 4.30. The first kappa shape index (κ1) is 18.0. The number of carbonyl (C=O) groups excluding carboxylic acids is 1. The van der Waals surface area contributed by atoms with Crippen LogP contribution >= 0.6 is 0 Å². The number of hydrogen-bond donors (Lipinski definition) is 1. The van der Waals surface area contributed by atoms with Gasteiger partial charge in [-0.2, -0.15) is 0 Å². The summed E-state index contributed by atoms with van der Waals surface area (Å²) in [7, 11) is 0. The molecule has 2 heterocycles. The Bertz CT molecular complexity index is 973. The molecule has 1 aromatic heterocycles. The summed E-state index contributed by atoms with van der Waals surface area (Å²) in [5, 5.41) is 3.00. The van der Waals surface area contributed by atoms with Crippen LogP contribution in [0.25, 0.3) is 0 Å². The molecule has 0 saturated carbocycles. The molecular weight excluding hydrogens is 350 g/mol. The van der Waals surface area contributed by atoms with Gasteiger partial charge in [0.05, 0.1) is 0 Å². The summed E-state index contributed by atoms with van der Waals surface area (Å²) in [6.07, 6.45) is 4.56. The SMILES string of the molecule is CCN1CCc2ccc(NC(=O)c3cccc(OCc4cccnc4)c3)cc21. The van der Waals surface area contributed by atoms with E-state index in [1.54, 1.807) is 24.5 Å². The number of anilines is 2. The molecule has 0 saturated heterocycles. The Labute approximate surface area is 165 Å². The van der Waals surface area contributed by atoms with Crippen molar-refractivity contribution in [3.05, 3.63) is 83.7 Å². The van der Waals surface area contributed by atoms with Crippen LogP contribution in [0.1, 0.15) is 28.4 Å². The van der Waals surface area contributed by atoms with Crippen LogP contribution in [-0.2, 0) is 13.0 Å². The average Bonchev–Trinajstić information content (AvgIpc) is 3.15. The monoisotopic (exact) mass is 373 g/mol. The fraction of sp³-hybridized carbons (Fsp3) is 0.217. The molecule has 0 aliphatic carbocycles. The van der Waals surface area contributed by atoms with E-state index in [9.17, 15) is 4.79 Å². The fourth-order valence-electron chi connectivity index (χ4n) is 3.43. The van der Waals surface area contributed by atoms with Crippen molar-refractivity contribution in [3.63, 3.8) is 0 Å². The minimum atomic E-state index is -0.146. The molecule has 5 nitrogen and oxygen atoms in total. The topological polar surface area (TPSA) is 54.5 Å². The largest absolute Gasteiger partial charge is 0.489 e. The predicted molar refractivity (Wildman–Crippen MR) is 111 cm³/mol. The number of nitrogens with one attached hydrogen (secondary N) is 1.